The number of hydrogen-bond acceptors (Lipinski definition) is 6. The lowest BCUT2D eigenvalue weighted by atomic mass is 10.0. The number of carbonyl (C=O) groups excluding carboxylic acids is 2. The third kappa shape index (κ3) is 6.32. The number of sulfone groups is 1. The largest absolute Gasteiger partial charge is 0.347 e. The highest BCUT2D eigenvalue weighted by atomic mass is 127. The third-order valence-electron chi connectivity index (χ3n) is 6.62. The van der Waals surface area contributed by atoms with Crippen molar-refractivity contribution < 1.29 is 40.0 Å². The predicted molar refractivity (Wildman–Crippen MR) is 140 cm³/mol. The molecule has 0 spiro atoms. The molecule has 2 aliphatic heterocycles. The van der Waals surface area contributed by atoms with Crippen LogP contribution >= 0.6 is 20.7 Å². The standard InChI is InChI=1S/C23H25F5IN5O4S/c1-29-23(27,28)22-31-20(21(36)32-4-6-39(37,38)7-5-32)18-12-33(2-3-34(18)22)19(35)10-14(30)8-13-9-16(25)17(26)11-15(13)24/h9,11,14H,1-8,10,12,30H2. The van der Waals surface area contributed by atoms with Gasteiger partial charge >= 0.3 is 3.93 Å². The molecule has 16 heteroatoms. The van der Waals surface area contributed by atoms with E-state index in [1.165, 1.54) is 14.4 Å². The maximum Gasteiger partial charge on any atom is 0.347 e. The maximum atomic E-state index is 14.7. The molecular formula is C23H25F5IN5O4S. The van der Waals surface area contributed by atoms with E-state index in [2.05, 4.69) is 9.50 Å². The summed E-state index contributed by atoms with van der Waals surface area (Å²) in [4.78, 5) is 32.8. The molecular weight excluding hydrogens is 664 g/mol. The molecule has 3 heterocycles. The third-order valence-corrected chi connectivity index (χ3v) is 9.67. The molecule has 1 saturated heterocycles. The smallest absolute Gasteiger partial charge is 0.335 e. The first kappa shape index (κ1) is 29.5. The normalized spacial score (nSPS) is 18.1. The summed E-state index contributed by atoms with van der Waals surface area (Å²) in [6, 6.07) is 0.101. The van der Waals surface area contributed by atoms with E-state index >= 15 is 0 Å². The van der Waals surface area contributed by atoms with E-state index in [1.54, 1.807) is 0 Å². The molecule has 2 aromatic rings. The second-order valence-electron chi connectivity index (χ2n) is 9.30. The molecule has 0 radical (unpaired) electrons. The van der Waals surface area contributed by atoms with Crippen molar-refractivity contribution in [2.24, 2.45) is 5.73 Å². The van der Waals surface area contributed by atoms with Gasteiger partial charge in [0.2, 0.25) is 5.91 Å². The van der Waals surface area contributed by atoms with E-state index < -0.39 is 75.6 Å². The second-order valence-corrected chi connectivity index (χ2v) is 13.7. The summed E-state index contributed by atoms with van der Waals surface area (Å²) in [6.45, 7) is -0.546. The lowest BCUT2D eigenvalue weighted by Gasteiger charge is -2.31. The molecule has 0 saturated carbocycles. The van der Waals surface area contributed by atoms with Crippen LogP contribution in [0, 0.1) is 17.5 Å². The molecule has 1 unspecified atom stereocenters. The number of nitrogens with two attached hydrogens (primary N) is 1. The minimum Gasteiger partial charge on any atom is -0.335 e. The number of fused-ring (bicyclic) bond motifs is 1. The van der Waals surface area contributed by atoms with Gasteiger partial charge in [0.15, 0.2) is 33.0 Å². The van der Waals surface area contributed by atoms with E-state index in [4.69, 9.17) is 5.73 Å². The fourth-order valence-electron chi connectivity index (χ4n) is 4.52. The SMILES string of the molecule is C=IC(F)(F)c1nc(C(=O)N2CCS(=O)(=O)CC2)c2n1CCN(C(=O)CC(N)Cc1cc(F)c(F)cc1F)C2. The van der Waals surface area contributed by atoms with Crippen molar-refractivity contribution in [3.63, 3.8) is 0 Å². The van der Waals surface area contributed by atoms with Crippen LogP contribution in [0.4, 0.5) is 22.0 Å². The highest BCUT2D eigenvalue weighted by molar-refractivity contribution is 14.2. The van der Waals surface area contributed by atoms with Crippen LogP contribution in [-0.2, 0) is 38.1 Å². The van der Waals surface area contributed by atoms with Gasteiger partial charge in [-0.2, -0.15) is 8.78 Å². The van der Waals surface area contributed by atoms with Crippen molar-refractivity contribution in [2.45, 2.75) is 35.9 Å². The zero-order valence-corrected chi connectivity index (χ0v) is 23.5. The van der Waals surface area contributed by atoms with Gasteiger partial charge in [0.05, 0.1) is 23.7 Å². The average Bonchev–Trinajstić information content (AvgIpc) is 3.26. The summed E-state index contributed by atoms with van der Waals surface area (Å²) in [6.07, 6.45) is -0.571. The quantitative estimate of drug-likeness (QED) is 0.206. The van der Waals surface area contributed by atoms with Gasteiger partial charge in [-0.05, 0) is 38.8 Å². The molecule has 0 bridgehead atoms. The number of benzene rings is 1. The van der Waals surface area contributed by atoms with Crippen molar-refractivity contribution in [3.8, 4) is 0 Å². The van der Waals surface area contributed by atoms with Gasteiger partial charge in [-0.3, -0.25) is 9.59 Å². The molecule has 1 fully saturated rings. The Bertz CT molecular complexity index is 1420. The lowest BCUT2D eigenvalue weighted by Crippen LogP contribution is -2.45. The van der Waals surface area contributed by atoms with Gasteiger partial charge in [-0.1, -0.05) is 4.51 Å². The Hall–Kier alpha value is -2.47. The summed E-state index contributed by atoms with van der Waals surface area (Å²) in [5.41, 5.74) is 5.58. The maximum absolute atomic E-state index is 14.7. The molecule has 214 valence electrons. The van der Waals surface area contributed by atoms with Crippen LogP contribution in [0.25, 0.3) is 0 Å². The number of aromatic nitrogens is 2. The Morgan fingerprint density at radius 2 is 1.69 bits per heavy atom. The Labute approximate surface area is 230 Å². The number of imidazole rings is 1. The van der Waals surface area contributed by atoms with Crippen molar-refractivity contribution in [2.75, 3.05) is 31.1 Å². The van der Waals surface area contributed by atoms with Crippen molar-refractivity contribution in [3.05, 3.63) is 52.4 Å². The van der Waals surface area contributed by atoms with E-state index in [0.29, 0.717) is 12.1 Å². The van der Waals surface area contributed by atoms with E-state index in [1.807, 2.05) is 0 Å². The van der Waals surface area contributed by atoms with Crippen LogP contribution in [0.15, 0.2) is 12.1 Å². The summed E-state index contributed by atoms with van der Waals surface area (Å²) >= 11 is -1.89. The summed E-state index contributed by atoms with van der Waals surface area (Å²) in [5.74, 6) is -5.98. The van der Waals surface area contributed by atoms with Crippen LogP contribution in [0.2, 0.25) is 0 Å². The van der Waals surface area contributed by atoms with Crippen LogP contribution in [0.5, 0.6) is 0 Å². The highest BCUT2D eigenvalue weighted by Crippen LogP contribution is 2.40. The van der Waals surface area contributed by atoms with E-state index in [0.717, 1.165) is 0 Å². The monoisotopic (exact) mass is 689 g/mol. The van der Waals surface area contributed by atoms with Gasteiger partial charge in [0, 0.05) is 44.7 Å². The number of halogens is 6. The van der Waals surface area contributed by atoms with Crippen molar-refractivity contribution in [1.82, 2.24) is 19.4 Å². The first-order chi connectivity index (χ1) is 18.2. The Balaban J connectivity index is 1.54. The van der Waals surface area contributed by atoms with E-state index in [9.17, 15) is 40.0 Å². The molecule has 1 aromatic heterocycles. The molecule has 9 nitrogen and oxygen atoms in total. The number of nitrogens with zero attached hydrogens (tertiary/aromatic N) is 4. The van der Waals surface area contributed by atoms with Crippen LogP contribution < -0.4 is 5.73 Å². The number of amides is 2. The van der Waals surface area contributed by atoms with Gasteiger partial charge in [0.1, 0.15) is 5.82 Å². The highest BCUT2D eigenvalue weighted by Gasteiger charge is 2.41. The number of carbonyl (C=O) groups is 2. The molecule has 1 aromatic carbocycles. The molecule has 4 rings (SSSR count). The van der Waals surface area contributed by atoms with Gasteiger partial charge in [0.25, 0.3) is 5.91 Å². The molecule has 2 aliphatic rings. The minimum absolute atomic E-state index is 0.00256. The molecule has 2 N–H and O–H groups in total. The number of hydrogen-bond donors (Lipinski definition) is 1. The van der Waals surface area contributed by atoms with Crippen LogP contribution in [-0.4, -0.2) is 81.3 Å². The Morgan fingerprint density at radius 3 is 2.33 bits per heavy atom. The second kappa shape index (κ2) is 11.2. The zero-order valence-electron chi connectivity index (χ0n) is 20.5. The topological polar surface area (TPSA) is 119 Å². The molecule has 0 aliphatic carbocycles. The Morgan fingerprint density at radius 1 is 1.05 bits per heavy atom. The first-order valence-electron chi connectivity index (χ1n) is 11.8. The number of rotatable bonds is 7. The zero-order chi connectivity index (χ0) is 28.7. The molecule has 1 atom stereocenters. The van der Waals surface area contributed by atoms with Crippen molar-refractivity contribution in [1.29, 1.82) is 0 Å². The summed E-state index contributed by atoms with van der Waals surface area (Å²) in [5, 5.41) is 0. The van der Waals surface area contributed by atoms with Crippen molar-refractivity contribution >= 4 is 46.9 Å². The fraction of sp³-hybridized carbons (Fsp3) is 0.478. The van der Waals surface area contributed by atoms with Gasteiger partial charge < -0.3 is 20.1 Å². The predicted octanol–water partition coefficient (Wildman–Crippen LogP) is 1.93. The van der Waals surface area contributed by atoms with Gasteiger partial charge in [-0.25, -0.2) is 26.6 Å². The summed E-state index contributed by atoms with van der Waals surface area (Å²) < 4.78 is 94.9. The van der Waals surface area contributed by atoms with Gasteiger partial charge in [-0.15, -0.1) is 0 Å². The van der Waals surface area contributed by atoms with Crippen LogP contribution in [0.3, 0.4) is 0 Å². The van der Waals surface area contributed by atoms with Crippen LogP contribution in [0.1, 0.15) is 34.0 Å². The summed E-state index contributed by atoms with van der Waals surface area (Å²) in [7, 11) is -3.30. The molecule has 2 amide bonds. The average molecular weight is 689 g/mol. The molecule has 39 heavy (non-hydrogen) atoms. The minimum atomic E-state index is -3.35. The number of alkyl halides is 3. The van der Waals surface area contributed by atoms with E-state index in [-0.39, 0.29) is 74.0 Å². The Kier molecular flexibility index (Phi) is 8.47. The first-order valence-corrected chi connectivity index (χ1v) is 16.2. The fourth-order valence-corrected chi connectivity index (χ4v) is 6.48. The lowest BCUT2D eigenvalue weighted by molar-refractivity contribution is -0.133.